The topological polar surface area (TPSA) is 67.5 Å². The van der Waals surface area contributed by atoms with Gasteiger partial charge in [0, 0.05) is 12.4 Å². The quantitative estimate of drug-likeness (QED) is 0.806. The Balaban J connectivity index is 2.58. The number of nitrogens with zero attached hydrogens (tertiary/aromatic N) is 3. The Morgan fingerprint density at radius 2 is 2.06 bits per heavy atom. The van der Waals surface area contributed by atoms with Crippen LogP contribution in [0.1, 0.15) is 16.2 Å². The number of aromatic nitrogens is 3. The van der Waals surface area contributed by atoms with Crippen LogP contribution in [0.2, 0.25) is 0 Å². The molecule has 0 bridgehead atoms. The third kappa shape index (κ3) is 1.69. The minimum Gasteiger partial charge on any atom is -0.476 e. The smallest absolute Gasteiger partial charge is 0.434 e. The summed E-state index contributed by atoms with van der Waals surface area (Å²) in [5, 5.41) is 8.60. The number of alkyl halides is 3. The maximum Gasteiger partial charge on any atom is 0.434 e. The highest BCUT2D eigenvalue weighted by molar-refractivity contribution is 5.86. The summed E-state index contributed by atoms with van der Waals surface area (Å²) in [7, 11) is 0. The van der Waals surface area contributed by atoms with Gasteiger partial charge in [-0.15, -0.1) is 0 Å². The molecule has 0 saturated heterocycles. The average Bonchev–Trinajstić information content (AvgIpc) is 2.58. The highest BCUT2D eigenvalue weighted by atomic mass is 19.4. The summed E-state index contributed by atoms with van der Waals surface area (Å²) in [5.41, 5.74) is -1.39. The van der Waals surface area contributed by atoms with E-state index < -0.39 is 17.8 Å². The van der Waals surface area contributed by atoms with E-state index in [4.69, 9.17) is 5.11 Å². The number of halogens is 3. The fourth-order valence-electron chi connectivity index (χ4n) is 1.15. The molecule has 0 aromatic carbocycles. The number of carboxylic acids is 1. The molecule has 2 heterocycles. The Kier molecular flexibility index (Phi) is 2.07. The second-order valence-electron chi connectivity index (χ2n) is 2.97. The van der Waals surface area contributed by atoms with Gasteiger partial charge in [0.05, 0.1) is 6.20 Å². The van der Waals surface area contributed by atoms with E-state index in [1.165, 1.54) is 0 Å². The van der Waals surface area contributed by atoms with E-state index in [2.05, 4.69) is 9.97 Å². The van der Waals surface area contributed by atoms with Gasteiger partial charge in [-0.25, -0.2) is 14.8 Å². The van der Waals surface area contributed by atoms with Crippen molar-refractivity contribution in [3.8, 4) is 0 Å². The first-order valence-electron chi connectivity index (χ1n) is 4.03. The molecule has 0 unspecified atom stereocenters. The number of rotatable bonds is 1. The van der Waals surface area contributed by atoms with E-state index in [1.54, 1.807) is 0 Å². The lowest BCUT2D eigenvalue weighted by Gasteiger charge is -2.04. The summed E-state index contributed by atoms with van der Waals surface area (Å²) in [6, 6.07) is 0. The number of carbonyl (C=O) groups is 1. The van der Waals surface area contributed by atoms with Crippen LogP contribution in [0.25, 0.3) is 5.65 Å². The maximum absolute atomic E-state index is 12.3. The molecule has 2 rings (SSSR count). The van der Waals surface area contributed by atoms with Crippen molar-refractivity contribution in [1.29, 1.82) is 0 Å². The van der Waals surface area contributed by atoms with Gasteiger partial charge in [0.1, 0.15) is 0 Å². The molecule has 0 aliphatic heterocycles. The maximum atomic E-state index is 12.3. The Bertz CT molecular complexity index is 561. The highest BCUT2D eigenvalue weighted by Gasteiger charge is 2.33. The molecule has 0 atom stereocenters. The molecule has 0 radical (unpaired) electrons. The van der Waals surface area contributed by atoms with E-state index in [-0.39, 0.29) is 11.3 Å². The molecular formula is C8H4F3N3O2. The first-order chi connectivity index (χ1) is 7.38. The van der Waals surface area contributed by atoms with Crippen molar-refractivity contribution >= 4 is 11.6 Å². The van der Waals surface area contributed by atoms with Crippen molar-refractivity contribution in [2.24, 2.45) is 0 Å². The van der Waals surface area contributed by atoms with Gasteiger partial charge in [0.25, 0.3) is 0 Å². The molecule has 84 valence electrons. The number of aromatic carboxylic acids is 1. The van der Waals surface area contributed by atoms with Gasteiger partial charge in [-0.1, -0.05) is 0 Å². The third-order valence-electron chi connectivity index (χ3n) is 1.85. The van der Waals surface area contributed by atoms with Crippen LogP contribution in [0.15, 0.2) is 18.6 Å². The van der Waals surface area contributed by atoms with Crippen LogP contribution < -0.4 is 0 Å². The van der Waals surface area contributed by atoms with Crippen molar-refractivity contribution in [1.82, 2.24) is 14.4 Å². The molecule has 0 fully saturated rings. The summed E-state index contributed by atoms with van der Waals surface area (Å²) in [4.78, 5) is 17.3. The molecule has 2 aromatic heterocycles. The van der Waals surface area contributed by atoms with Crippen LogP contribution in [-0.4, -0.2) is 25.4 Å². The van der Waals surface area contributed by atoms with Gasteiger partial charge in [-0.3, -0.25) is 0 Å². The van der Waals surface area contributed by atoms with Crippen LogP contribution >= 0.6 is 0 Å². The van der Waals surface area contributed by atoms with Gasteiger partial charge >= 0.3 is 12.1 Å². The molecule has 8 heteroatoms. The minimum absolute atomic E-state index is 0.0467. The Hall–Kier alpha value is -2.12. The number of carboxylic acid groups (broad SMARTS) is 1. The summed E-state index contributed by atoms with van der Waals surface area (Å²) >= 11 is 0. The van der Waals surface area contributed by atoms with E-state index in [0.29, 0.717) is 6.20 Å². The van der Waals surface area contributed by atoms with E-state index in [0.717, 1.165) is 16.8 Å². The van der Waals surface area contributed by atoms with E-state index in [1.807, 2.05) is 0 Å². The predicted molar refractivity (Wildman–Crippen MR) is 44.9 cm³/mol. The average molecular weight is 231 g/mol. The molecular weight excluding hydrogens is 227 g/mol. The molecule has 0 aliphatic carbocycles. The van der Waals surface area contributed by atoms with Gasteiger partial charge < -0.3 is 9.51 Å². The molecule has 0 aliphatic rings. The van der Waals surface area contributed by atoms with Crippen LogP contribution in [0.3, 0.4) is 0 Å². The van der Waals surface area contributed by atoms with Crippen LogP contribution in [-0.2, 0) is 6.18 Å². The fourth-order valence-corrected chi connectivity index (χ4v) is 1.15. The summed E-state index contributed by atoms with van der Waals surface area (Å²) in [5.74, 6) is -1.31. The Morgan fingerprint density at radius 3 is 2.62 bits per heavy atom. The first-order valence-corrected chi connectivity index (χ1v) is 4.03. The highest BCUT2D eigenvalue weighted by Crippen LogP contribution is 2.27. The van der Waals surface area contributed by atoms with Crippen LogP contribution in [0, 0.1) is 0 Å². The van der Waals surface area contributed by atoms with Crippen LogP contribution in [0.4, 0.5) is 13.2 Å². The summed E-state index contributed by atoms with van der Waals surface area (Å²) < 4.78 is 37.8. The summed E-state index contributed by atoms with van der Waals surface area (Å²) in [6.45, 7) is 0. The molecule has 5 nitrogen and oxygen atoms in total. The van der Waals surface area contributed by atoms with Gasteiger partial charge in [-0.05, 0) is 0 Å². The van der Waals surface area contributed by atoms with Crippen LogP contribution in [0.5, 0.6) is 0 Å². The van der Waals surface area contributed by atoms with E-state index >= 15 is 0 Å². The molecule has 0 spiro atoms. The normalized spacial score (nSPS) is 11.9. The number of hydrogen-bond donors (Lipinski definition) is 1. The summed E-state index contributed by atoms with van der Waals surface area (Å²) in [6.07, 6.45) is -2.01. The van der Waals surface area contributed by atoms with E-state index in [9.17, 15) is 18.0 Å². The van der Waals surface area contributed by atoms with Crippen molar-refractivity contribution in [3.05, 3.63) is 30.0 Å². The monoisotopic (exact) mass is 231 g/mol. The standard InChI is InChI=1S/C8H4F3N3O2/c9-8(10,11)5-3-14-2-4(7(15)16)13-6(14)1-12-5/h1-3H,(H,15,16). The number of imidazole rings is 1. The fraction of sp³-hybridized carbons (Fsp3) is 0.125. The van der Waals surface area contributed by atoms with Gasteiger partial charge in [-0.2, -0.15) is 13.2 Å². The SMILES string of the molecule is O=C(O)c1cn2cc(C(F)(F)F)ncc2n1. The largest absolute Gasteiger partial charge is 0.476 e. The lowest BCUT2D eigenvalue weighted by Crippen LogP contribution is -2.08. The lowest BCUT2D eigenvalue weighted by molar-refractivity contribution is -0.141. The predicted octanol–water partition coefficient (Wildman–Crippen LogP) is 1.45. The van der Waals surface area contributed by atoms with Crippen molar-refractivity contribution in [3.63, 3.8) is 0 Å². The Morgan fingerprint density at radius 1 is 1.38 bits per heavy atom. The molecule has 2 aromatic rings. The minimum atomic E-state index is -4.57. The third-order valence-corrected chi connectivity index (χ3v) is 1.85. The zero-order valence-electron chi connectivity index (χ0n) is 7.56. The molecule has 0 amide bonds. The molecule has 1 N–H and O–H groups in total. The second-order valence-corrected chi connectivity index (χ2v) is 2.97. The second kappa shape index (κ2) is 3.19. The Labute approximate surface area is 86.2 Å². The van der Waals surface area contributed by atoms with Gasteiger partial charge in [0.2, 0.25) is 0 Å². The first kappa shape index (κ1) is 10.4. The van der Waals surface area contributed by atoms with Gasteiger partial charge in [0.15, 0.2) is 17.0 Å². The zero-order valence-corrected chi connectivity index (χ0v) is 7.56. The lowest BCUT2D eigenvalue weighted by atomic mass is 10.4. The van der Waals surface area contributed by atoms with Crippen molar-refractivity contribution < 1.29 is 23.1 Å². The molecule has 16 heavy (non-hydrogen) atoms. The molecule has 0 saturated carbocycles. The number of hydrogen-bond acceptors (Lipinski definition) is 3. The zero-order chi connectivity index (χ0) is 11.9. The van der Waals surface area contributed by atoms with Crippen molar-refractivity contribution in [2.75, 3.05) is 0 Å². The van der Waals surface area contributed by atoms with Crippen molar-refractivity contribution in [2.45, 2.75) is 6.18 Å². The number of fused-ring (bicyclic) bond motifs is 1.